The molecule has 4 heteroatoms. The summed E-state index contributed by atoms with van der Waals surface area (Å²) in [5.41, 5.74) is 1.49. The fourth-order valence-corrected chi connectivity index (χ4v) is 2.92. The minimum Gasteiger partial charge on any atom is -0.451 e. The van der Waals surface area contributed by atoms with Crippen molar-refractivity contribution in [2.75, 3.05) is 0 Å². The van der Waals surface area contributed by atoms with Gasteiger partial charge in [-0.2, -0.15) is 0 Å². The first-order valence-corrected chi connectivity index (χ1v) is 6.83. The molecule has 1 aliphatic rings. The molecule has 0 bridgehead atoms. The first-order chi connectivity index (χ1) is 9.25. The molecule has 0 saturated carbocycles. The topological polar surface area (TPSA) is 46.5 Å². The van der Waals surface area contributed by atoms with Gasteiger partial charge in [0.15, 0.2) is 6.10 Å². The van der Waals surface area contributed by atoms with E-state index in [1.807, 2.05) is 47.8 Å². The van der Waals surface area contributed by atoms with Crippen molar-refractivity contribution in [3.8, 4) is 0 Å². The second-order valence-corrected chi connectivity index (χ2v) is 5.24. The van der Waals surface area contributed by atoms with Crippen LogP contribution in [0.1, 0.15) is 16.5 Å². The number of rotatable bonds is 3. The van der Waals surface area contributed by atoms with E-state index in [1.54, 1.807) is 0 Å². The van der Waals surface area contributed by atoms with Crippen LogP contribution in [0.4, 0.5) is 0 Å². The largest absolute Gasteiger partial charge is 0.451 e. The van der Waals surface area contributed by atoms with E-state index in [1.165, 1.54) is 17.4 Å². The number of cyclic esters (lactones) is 1. The number of aliphatic hydroxyl groups is 1. The first-order valence-electron chi connectivity index (χ1n) is 5.95. The SMILES string of the molecule is O=C1C=C(c2cccs2)[C@@H]([C@H](O)c2ccccc2)O1. The van der Waals surface area contributed by atoms with Gasteiger partial charge in [0, 0.05) is 16.5 Å². The number of hydrogen-bond acceptors (Lipinski definition) is 4. The average Bonchev–Trinajstić information content (AvgIpc) is 3.07. The highest BCUT2D eigenvalue weighted by atomic mass is 32.1. The van der Waals surface area contributed by atoms with Gasteiger partial charge in [0.2, 0.25) is 0 Å². The summed E-state index contributed by atoms with van der Waals surface area (Å²) >= 11 is 1.53. The molecule has 0 aliphatic carbocycles. The van der Waals surface area contributed by atoms with Crippen LogP contribution in [0.15, 0.2) is 53.9 Å². The molecule has 0 fully saturated rings. The quantitative estimate of drug-likeness (QED) is 0.874. The molecule has 0 unspecified atom stereocenters. The van der Waals surface area contributed by atoms with Crippen LogP contribution >= 0.6 is 11.3 Å². The monoisotopic (exact) mass is 272 g/mol. The molecule has 0 amide bonds. The Labute approximate surface area is 114 Å². The molecule has 2 aromatic rings. The van der Waals surface area contributed by atoms with E-state index in [9.17, 15) is 9.90 Å². The molecule has 0 saturated heterocycles. The number of benzene rings is 1. The molecule has 2 atom stereocenters. The van der Waals surface area contributed by atoms with Crippen LogP contribution in [0.2, 0.25) is 0 Å². The van der Waals surface area contributed by atoms with Crippen molar-refractivity contribution in [3.05, 3.63) is 64.4 Å². The standard InChI is InChI=1S/C15H12O3S/c16-13-9-11(12-7-4-8-19-12)15(18-13)14(17)10-5-2-1-3-6-10/h1-9,14-15,17H/t14-,15+/m1/s1. The highest BCUT2D eigenvalue weighted by molar-refractivity contribution is 7.11. The van der Waals surface area contributed by atoms with Crippen molar-refractivity contribution in [1.82, 2.24) is 0 Å². The van der Waals surface area contributed by atoms with Gasteiger partial charge >= 0.3 is 5.97 Å². The van der Waals surface area contributed by atoms with Crippen LogP contribution in [0.5, 0.6) is 0 Å². The van der Waals surface area contributed by atoms with Crippen molar-refractivity contribution in [3.63, 3.8) is 0 Å². The third-order valence-corrected chi connectivity index (χ3v) is 3.98. The van der Waals surface area contributed by atoms with E-state index >= 15 is 0 Å². The molecule has 19 heavy (non-hydrogen) atoms. The molecule has 1 aromatic carbocycles. The van der Waals surface area contributed by atoms with Crippen LogP contribution in [-0.4, -0.2) is 17.2 Å². The lowest BCUT2D eigenvalue weighted by molar-refractivity contribution is -0.142. The summed E-state index contributed by atoms with van der Waals surface area (Å²) < 4.78 is 5.24. The fraction of sp³-hybridized carbons (Fsp3) is 0.133. The van der Waals surface area contributed by atoms with Crippen molar-refractivity contribution in [1.29, 1.82) is 0 Å². The highest BCUT2D eigenvalue weighted by Crippen LogP contribution is 2.36. The minimum absolute atomic E-state index is 0.400. The van der Waals surface area contributed by atoms with Gasteiger partial charge < -0.3 is 9.84 Å². The second kappa shape index (κ2) is 4.99. The summed E-state index contributed by atoms with van der Waals surface area (Å²) in [6.07, 6.45) is -0.0163. The average molecular weight is 272 g/mol. The molecule has 2 heterocycles. The number of ether oxygens (including phenoxy) is 1. The van der Waals surface area contributed by atoms with Gasteiger partial charge in [0.05, 0.1) is 0 Å². The summed E-state index contributed by atoms with van der Waals surface area (Å²) in [4.78, 5) is 12.4. The zero-order chi connectivity index (χ0) is 13.2. The zero-order valence-corrected chi connectivity index (χ0v) is 10.8. The first kappa shape index (κ1) is 12.1. The molecule has 3 rings (SSSR count). The molecule has 1 aliphatic heterocycles. The number of carbonyl (C=O) groups is 1. The summed E-state index contributed by atoms with van der Waals surface area (Å²) in [7, 11) is 0. The van der Waals surface area contributed by atoms with Crippen LogP contribution in [0, 0.1) is 0 Å². The molecule has 3 nitrogen and oxygen atoms in total. The molecule has 0 radical (unpaired) electrons. The Bertz CT molecular complexity index is 602. The Balaban J connectivity index is 1.92. The fourth-order valence-electron chi connectivity index (χ4n) is 2.15. The summed E-state index contributed by atoms with van der Waals surface area (Å²) in [6, 6.07) is 13.1. The van der Waals surface area contributed by atoms with E-state index in [4.69, 9.17) is 4.74 Å². The third kappa shape index (κ3) is 2.32. The Kier molecular flexibility index (Phi) is 3.19. The number of hydrogen-bond donors (Lipinski definition) is 1. The van der Waals surface area contributed by atoms with Gasteiger partial charge in [-0.1, -0.05) is 36.4 Å². The van der Waals surface area contributed by atoms with Gasteiger partial charge in [-0.25, -0.2) is 4.79 Å². The maximum atomic E-state index is 11.5. The van der Waals surface area contributed by atoms with Crippen LogP contribution < -0.4 is 0 Å². The van der Waals surface area contributed by atoms with E-state index in [-0.39, 0.29) is 0 Å². The molecule has 1 N–H and O–H groups in total. The number of aliphatic hydroxyl groups excluding tert-OH is 1. The molecule has 0 spiro atoms. The Hall–Kier alpha value is -1.91. The van der Waals surface area contributed by atoms with Crippen LogP contribution in [0.3, 0.4) is 0 Å². The number of thiophene rings is 1. The smallest absolute Gasteiger partial charge is 0.331 e. The van der Waals surface area contributed by atoms with Crippen LogP contribution in [0.25, 0.3) is 5.57 Å². The maximum Gasteiger partial charge on any atom is 0.331 e. The number of carbonyl (C=O) groups excluding carboxylic acids is 1. The highest BCUT2D eigenvalue weighted by Gasteiger charge is 2.34. The number of esters is 1. The molecule has 96 valence electrons. The zero-order valence-electron chi connectivity index (χ0n) is 10.0. The van der Waals surface area contributed by atoms with Crippen molar-refractivity contribution in [2.45, 2.75) is 12.2 Å². The Morgan fingerprint density at radius 2 is 1.95 bits per heavy atom. The van der Waals surface area contributed by atoms with Gasteiger partial charge in [0.1, 0.15) is 6.10 Å². The summed E-state index contributed by atoms with van der Waals surface area (Å²) in [5, 5.41) is 12.3. The molecule has 1 aromatic heterocycles. The normalized spacial score (nSPS) is 19.9. The second-order valence-electron chi connectivity index (χ2n) is 4.29. The van der Waals surface area contributed by atoms with Gasteiger partial charge in [-0.3, -0.25) is 0 Å². The third-order valence-electron chi connectivity index (χ3n) is 3.06. The predicted octanol–water partition coefficient (Wildman–Crippen LogP) is 2.79. The predicted molar refractivity (Wildman–Crippen MR) is 73.6 cm³/mol. The van der Waals surface area contributed by atoms with Gasteiger partial charge in [-0.15, -0.1) is 11.3 Å². The summed E-state index contributed by atoms with van der Waals surface area (Å²) in [5.74, 6) is -0.400. The summed E-state index contributed by atoms with van der Waals surface area (Å²) in [6.45, 7) is 0. The lowest BCUT2D eigenvalue weighted by Gasteiger charge is -2.20. The molecular formula is C15H12O3S. The van der Waals surface area contributed by atoms with E-state index < -0.39 is 18.2 Å². The lowest BCUT2D eigenvalue weighted by Crippen LogP contribution is -2.20. The van der Waals surface area contributed by atoms with Crippen molar-refractivity contribution >= 4 is 22.9 Å². The lowest BCUT2D eigenvalue weighted by atomic mass is 9.98. The van der Waals surface area contributed by atoms with Crippen molar-refractivity contribution in [2.24, 2.45) is 0 Å². The Morgan fingerprint density at radius 1 is 1.16 bits per heavy atom. The van der Waals surface area contributed by atoms with Gasteiger partial charge in [0.25, 0.3) is 0 Å². The van der Waals surface area contributed by atoms with Crippen LogP contribution in [-0.2, 0) is 9.53 Å². The van der Waals surface area contributed by atoms with E-state index in [0.29, 0.717) is 0 Å². The van der Waals surface area contributed by atoms with Gasteiger partial charge in [-0.05, 0) is 17.0 Å². The van der Waals surface area contributed by atoms with E-state index in [2.05, 4.69) is 0 Å². The minimum atomic E-state index is -0.846. The Morgan fingerprint density at radius 3 is 2.63 bits per heavy atom. The molecular weight excluding hydrogens is 260 g/mol. The van der Waals surface area contributed by atoms with Crippen molar-refractivity contribution < 1.29 is 14.6 Å². The maximum absolute atomic E-state index is 11.5. The van der Waals surface area contributed by atoms with E-state index in [0.717, 1.165) is 16.0 Å².